The van der Waals surface area contributed by atoms with Gasteiger partial charge in [0.1, 0.15) is 0 Å². The second kappa shape index (κ2) is 13.6. The van der Waals surface area contributed by atoms with Gasteiger partial charge in [0.25, 0.3) is 0 Å². The van der Waals surface area contributed by atoms with Crippen molar-refractivity contribution in [2.75, 3.05) is 4.90 Å². The van der Waals surface area contributed by atoms with Crippen molar-refractivity contribution >= 4 is 60.7 Å². The third kappa shape index (κ3) is 5.51. The smallest absolute Gasteiger partial charge is 0.0619 e. The van der Waals surface area contributed by atoms with Crippen molar-refractivity contribution in [3.05, 3.63) is 218 Å². The SMILES string of the molecule is c1ccc(-c2ccc(N(c3ccc(-c4cccc5c6ccccc6n(-c6ccccc6)c45)cc3)c3ccc(-c4ccccc4)c4[nH]c5ccccc5c34)cc2)cc1. The van der Waals surface area contributed by atoms with Gasteiger partial charge in [-0.25, -0.2) is 0 Å². The fraction of sp³-hybridized carbons (Fsp3) is 0. The van der Waals surface area contributed by atoms with Gasteiger partial charge in [-0.2, -0.15) is 0 Å². The van der Waals surface area contributed by atoms with Crippen LogP contribution in [0.4, 0.5) is 17.1 Å². The van der Waals surface area contributed by atoms with E-state index in [9.17, 15) is 0 Å². The second-order valence-electron chi connectivity index (χ2n) is 14.6. The van der Waals surface area contributed by atoms with E-state index in [-0.39, 0.29) is 0 Å². The van der Waals surface area contributed by atoms with E-state index in [1.165, 1.54) is 66.0 Å². The monoisotopic (exact) mass is 727 g/mol. The molecule has 0 atom stereocenters. The summed E-state index contributed by atoms with van der Waals surface area (Å²) in [6.45, 7) is 0. The van der Waals surface area contributed by atoms with Crippen molar-refractivity contribution in [1.29, 1.82) is 0 Å². The van der Waals surface area contributed by atoms with Crippen LogP contribution in [0.2, 0.25) is 0 Å². The van der Waals surface area contributed by atoms with Gasteiger partial charge in [0, 0.05) is 55.3 Å². The molecule has 3 nitrogen and oxygen atoms in total. The van der Waals surface area contributed by atoms with Gasteiger partial charge in [0.15, 0.2) is 0 Å². The van der Waals surface area contributed by atoms with E-state index >= 15 is 0 Å². The van der Waals surface area contributed by atoms with Crippen LogP contribution in [0.15, 0.2) is 218 Å². The number of rotatable bonds is 7. The number of hydrogen-bond acceptors (Lipinski definition) is 1. The average molecular weight is 728 g/mol. The molecule has 0 amide bonds. The Bertz CT molecular complexity index is 3200. The van der Waals surface area contributed by atoms with Gasteiger partial charge in [0.2, 0.25) is 0 Å². The average Bonchev–Trinajstić information content (AvgIpc) is 3.85. The molecule has 0 fully saturated rings. The molecular formula is C54H37N3. The summed E-state index contributed by atoms with van der Waals surface area (Å²) >= 11 is 0. The molecule has 1 N–H and O–H groups in total. The van der Waals surface area contributed by atoms with Gasteiger partial charge in [-0.3, -0.25) is 0 Å². The molecule has 2 heterocycles. The fourth-order valence-corrected chi connectivity index (χ4v) is 8.73. The van der Waals surface area contributed by atoms with Crippen LogP contribution < -0.4 is 4.90 Å². The molecule has 0 aliphatic carbocycles. The van der Waals surface area contributed by atoms with Crippen LogP contribution in [0.5, 0.6) is 0 Å². The molecule has 0 spiro atoms. The Morgan fingerprint density at radius 2 is 0.912 bits per heavy atom. The summed E-state index contributed by atoms with van der Waals surface area (Å²) in [4.78, 5) is 6.24. The quantitative estimate of drug-likeness (QED) is 0.174. The van der Waals surface area contributed by atoms with Gasteiger partial charge in [-0.1, -0.05) is 164 Å². The largest absolute Gasteiger partial charge is 0.354 e. The summed E-state index contributed by atoms with van der Waals surface area (Å²) in [6, 6.07) is 78.7. The number of hydrogen-bond donors (Lipinski definition) is 1. The molecule has 11 aromatic rings. The Morgan fingerprint density at radius 1 is 0.368 bits per heavy atom. The number of anilines is 3. The van der Waals surface area contributed by atoms with E-state index in [4.69, 9.17) is 0 Å². The van der Waals surface area contributed by atoms with E-state index in [1.807, 2.05) is 0 Å². The number of aromatic nitrogens is 2. The maximum Gasteiger partial charge on any atom is 0.0619 e. The maximum absolute atomic E-state index is 3.82. The lowest BCUT2D eigenvalue weighted by Gasteiger charge is -2.27. The number of nitrogens with one attached hydrogen (secondary N) is 1. The van der Waals surface area contributed by atoms with Crippen LogP contribution in [-0.2, 0) is 0 Å². The lowest BCUT2D eigenvalue weighted by atomic mass is 9.98. The minimum Gasteiger partial charge on any atom is -0.354 e. The van der Waals surface area contributed by atoms with Crippen molar-refractivity contribution in [2.24, 2.45) is 0 Å². The molecule has 0 radical (unpaired) electrons. The molecule has 0 bridgehead atoms. The molecular weight excluding hydrogens is 691 g/mol. The fourth-order valence-electron chi connectivity index (χ4n) is 8.73. The number of fused-ring (bicyclic) bond motifs is 6. The lowest BCUT2D eigenvalue weighted by Crippen LogP contribution is -2.10. The number of benzene rings is 9. The summed E-state index contributed by atoms with van der Waals surface area (Å²) in [5.41, 5.74) is 16.2. The third-order valence-electron chi connectivity index (χ3n) is 11.3. The van der Waals surface area contributed by atoms with Gasteiger partial charge >= 0.3 is 0 Å². The van der Waals surface area contributed by atoms with Crippen molar-refractivity contribution in [1.82, 2.24) is 9.55 Å². The summed E-state index contributed by atoms with van der Waals surface area (Å²) in [5.74, 6) is 0. The molecule has 0 aliphatic rings. The van der Waals surface area contributed by atoms with Crippen molar-refractivity contribution in [2.45, 2.75) is 0 Å². The van der Waals surface area contributed by atoms with E-state index in [2.05, 4.69) is 233 Å². The maximum atomic E-state index is 3.82. The molecule has 268 valence electrons. The summed E-state index contributed by atoms with van der Waals surface area (Å²) in [6.07, 6.45) is 0. The van der Waals surface area contributed by atoms with E-state index in [1.54, 1.807) is 0 Å². The predicted octanol–water partition coefficient (Wildman–Crippen LogP) is 14.9. The molecule has 2 aromatic heterocycles. The Labute approximate surface area is 331 Å². The van der Waals surface area contributed by atoms with Crippen molar-refractivity contribution < 1.29 is 0 Å². The van der Waals surface area contributed by atoms with Gasteiger partial charge in [-0.15, -0.1) is 0 Å². The molecule has 57 heavy (non-hydrogen) atoms. The Balaban J connectivity index is 1.11. The Kier molecular flexibility index (Phi) is 7.82. The highest BCUT2D eigenvalue weighted by molar-refractivity contribution is 6.19. The minimum atomic E-state index is 1.08. The second-order valence-corrected chi connectivity index (χ2v) is 14.6. The number of para-hydroxylation sites is 4. The number of nitrogens with zero attached hydrogens (tertiary/aromatic N) is 2. The minimum absolute atomic E-state index is 1.08. The van der Waals surface area contributed by atoms with Gasteiger partial charge < -0.3 is 14.5 Å². The Morgan fingerprint density at radius 3 is 1.63 bits per heavy atom. The van der Waals surface area contributed by atoms with Gasteiger partial charge in [0.05, 0.1) is 22.2 Å². The van der Waals surface area contributed by atoms with Crippen molar-refractivity contribution in [3.8, 4) is 39.1 Å². The zero-order valence-electron chi connectivity index (χ0n) is 31.2. The lowest BCUT2D eigenvalue weighted by molar-refractivity contribution is 1.18. The predicted molar refractivity (Wildman–Crippen MR) is 241 cm³/mol. The van der Waals surface area contributed by atoms with Crippen LogP contribution in [0.25, 0.3) is 82.7 Å². The topological polar surface area (TPSA) is 24.0 Å². The molecule has 0 aliphatic heterocycles. The molecule has 11 rings (SSSR count). The first-order chi connectivity index (χ1) is 28.3. The van der Waals surface area contributed by atoms with Gasteiger partial charge in [-0.05, 0) is 76.9 Å². The zero-order chi connectivity index (χ0) is 37.7. The standard InChI is InChI=1S/C54H37N3/c1-4-15-37(16-5-1)38-27-31-42(32-28-38)56(51-36-35-44(39-17-6-2-7-18-39)53-52(51)48-22-10-12-25-49(48)55-53)43-33-29-40(30-34-43)45-23-14-24-47-46-21-11-13-26-50(46)57(54(45)47)41-19-8-3-9-20-41/h1-36,55H. The highest BCUT2D eigenvalue weighted by atomic mass is 15.1. The summed E-state index contributed by atoms with van der Waals surface area (Å²) in [7, 11) is 0. The van der Waals surface area contributed by atoms with Crippen LogP contribution in [0.1, 0.15) is 0 Å². The van der Waals surface area contributed by atoms with Crippen LogP contribution in [0, 0.1) is 0 Å². The Hall–Kier alpha value is -7.62. The van der Waals surface area contributed by atoms with E-state index in [0.29, 0.717) is 0 Å². The highest BCUT2D eigenvalue weighted by Crippen LogP contribution is 2.46. The molecule has 0 saturated carbocycles. The molecule has 9 aromatic carbocycles. The first-order valence-corrected chi connectivity index (χ1v) is 19.5. The number of aromatic amines is 1. The third-order valence-corrected chi connectivity index (χ3v) is 11.3. The van der Waals surface area contributed by atoms with Crippen LogP contribution in [0.3, 0.4) is 0 Å². The van der Waals surface area contributed by atoms with Crippen LogP contribution in [-0.4, -0.2) is 9.55 Å². The first-order valence-electron chi connectivity index (χ1n) is 19.5. The number of H-pyrrole nitrogens is 1. The molecule has 0 unspecified atom stereocenters. The van der Waals surface area contributed by atoms with Crippen molar-refractivity contribution in [3.63, 3.8) is 0 Å². The van der Waals surface area contributed by atoms with E-state index in [0.717, 1.165) is 33.8 Å². The first kappa shape index (κ1) is 32.8. The van der Waals surface area contributed by atoms with Crippen LogP contribution >= 0.6 is 0 Å². The summed E-state index contributed by atoms with van der Waals surface area (Å²) in [5, 5.41) is 4.89. The zero-order valence-corrected chi connectivity index (χ0v) is 31.2. The normalized spacial score (nSPS) is 11.5. The molecule has 3 heteroatoms. The molecule has 0 saturated heterocycles. The van der Waals surface area contributed by atoms with E-state index < -0.39 is 0 Å². The summed E-state index contributed by atoms with van der Waals surface area (Å²) < 4.78 is 2.41. The highest BCUT2D eigenvalue weighted by Gasteiger charge is 2.22.